The Labute approximate surface area is 194 Å². The van der Waals surface area contributed by atoms with E-state index in [1.807, 2.05) is 40.8 Å². The highest BCUT2D eigenvalue weighted by Gasteiger charge is 2.19. The van der Waals surface area contributed by atoms with E-state index in [1.54, 1.807) is 10.8 Å². The number of aromatic amines is 1. The van der Waals surface area contributed by atoms with E-state index in [2.05, 4.69) is 35.1 Å². The summed E-state index contributed by atoms with van der Waals surface area (Å²) >= 11 is 1.35. The largest absolute Gasteiger partial charge is 0.360 e. The smallest absolute Gasteiger partial charge is 0.262 e. The van der Waals surface area contributed by atoms with Crippen molar-refractivity contribution >= 4 is 45.1 Å². The van der Waals surface area contributed by atoms with Crippen molar-refractivity contribution < 1.29 is 4.79 Å². The molecule has 0 spiro atoms. The SMILES string of the molecule is CCCCn1c(=O)c2ccccc2n2c(SCC(=O)c3c[nH]c4c(CC)cccc34)nnc12. The lowest BCUT2D eigenvalue weighted by molar-refractivity contribution is 0.102. The number of thioether (sulfide) groups is 1. The van der Waals surface area contributed by atoms with Crippen molar-refractivity contribution in [2.24, 2.45) is 0 Å². The number of rotatable bonds is 8. The van der Waals surface area contributed by atoms with E-state index in [9.17, 15) is 9.59 Å². The average molecular weight is 460 g/mol. The van der Waals surface area contributed by atoms with Crippen molar-refractivity contribution in [3.05, 3.63) is 70.1 Å². The Kier molecular flexibility index (Phi) is 5.76. The second-order valence-corrected chi connectivity index (χ2v) is 9.00. The molecule has 7 nitrogen and oxygen atoms in total. The summed E-state index contributed by atoms with van der Waals surface area (Å²) in [6.07, 6.45) is 4.55. The van der Waals surface area contributed by atoms with Gasteiger partial charge in [-0.1, -0.05) is 62.4 Å². The number of benzene rings is 2. The number of carbonyl (C=O) groups excluding carboxylic acids is 1. The van der Waals surface area contributed by atoms with Crippen LogP contribution in [0.3, 0.4) is 0 Å². The van der Waals surface area contributed by atoms with Crippen LogP contribution in [0.25, 0.3) is 27.6 Å². The summed E-state index contributed by atoms with van der Waals surface area (Å²) in [6.45, 7) is 4.78. The van der Waals surface area contributed by atoms with E-state index in [0.717, 1.165) is 35.7 Å². The zero-order valence-corrected chi connectivity index (χ0v) is 19.5. The predicted octanol–water partition coefficient (Wildman–Crippen LogP) is 4.86. The normalized spacial score (nSPS) is 11.7. The maximum Gasteiger partial charge on any atom is 0.262 e. The van der Waals surface area contributed by atoms with E-state index in [0.29, 0.717) is 28.4 Å². The molecule has 2 aromatic carbocycles. The standard InChI is InChI=1S/C25H25N5O2S/c1-3-5-13-29-23(32)18-10-6-7-12-20(18)30-24(29)27-28-25(30)33-15-21(31)19-14-26-22-16(4-2)9-8-11-17(19)22/h6-12,14,26H,3-5,13,15H2,1-2H3. The number of fused-ring (bicyclic) bond motifs is 4. The van der Waals surface area contributed by atoms with Gasteiger partial charge < -0.3 is 4.98 Å². The van der Waals surface area contributed by atoms with Gasteiger partial charge in [-0.15, -0.1) is 10.2 Å². The van der Waals surface area contributed by atoms with Gasteiger partial charge in [0.15, 0.2) is 10.9 Å². The molecule has 0 unspecified atom stereocenters. The van der Waals surface area contributed by atoms with Crippen molar-refractivity contribution in [2.75, 3.05) is 5.75 Å². The molecule has 0 amide bonds. The third-order valence-corrected chi connectivity index (χ3v) is 6.96. The Morgan fingerprint density at radius 2 is 1.88 bits per heavy atom. The quantitative estimate of drug-likeness (QED) is 0.264. The van der Waals surface area contributed by atoms with E-state index in [-0.39, 0.29) is 17.1 Å². The monoisotopic (exact) mass is 459 g/mol. The molecule has 5 rings (SSSR count). The number of ketones is 1. The molecular formula is C25H25N5O2S. The lowest BCUT2D eigenvalue weighted by Crippen LogP contribution is -2.23. The molecule has 0 aliphatic heterocycles. The van der Waals surface area contributed by atoms with Crippen molar-refractivity contribution in [1.82, 2.24) is 24.1 Å². The first-order chi connectivity index (χ1) is 16.1. The number of aromatic nitrogens is 5. The molecule has 0 aliphatic carbocycles. The van der Waals surface area contributed by atoms with Gasteiger partial charge in [0.05, 0.1) is 16.7 Å². The fourth-order valence-electron chi connectivity index (χ4n) is 4.30. The summed E-state index contributed by atoms with van der Waals surface area (Å²) in [6, 6.07) is 13.5. The maximum atomic E-state index is 13.1. The van der Waals surface area contributed by atoms with Crippen LogP contribution >= 0.6 is 11.8 Å². The number of nitrogens with zero attached hydrogens (tertiary/aromatic N) is 4. The topological polar surface area (TPSA) is 85.0 Å². The summed E-state index contributed by atoms with van der Waals surface area (Å²) in [5.74, 6) is 0.772. The van der Waals surface area contributed by atoms with Crippen LogP contribution in [0.1, 0.15) is 42.6 Å². The summed E-state index contributed by atoms with van der Waals surface area (Å²) < 4.78 is 3.59. The van der Waals surface area contributed by atoms with Crippen LogP contribution in [0, 0.1) is 0 Å². The molecule has 5 aromatic rings. The zero-order chi connectivity index (χ0) is 22.9. The number of hydrogen-bond donors (Lipinski definition) is 1. The molecule has 3 heterocycles. The average Bonchev–Trinajstić information content (AvgIpc) is 3.47. The van der Waals surface area contributed by atoms with Crippen LogP contribution < -0.4 is 5.56 Å². The molecule has 0 saturated heterocycles. The van der Waals surface area contributed by atoms with Gasteiger partial charge in [0.1, 0.15) is 0 Å². The second kappa shape index (κ2) is 8.86. The molecule has 0 bridgehead atoms. The van der Waals surface area contributed by atoms with Crippen LogP contribution in [0.15, 0.2) is 58.6 Å². The molecule has 0 radical (unpaired) electrons. The lowest BCUT2D eigenvalue weighted by Gasteiger charge is -2.10. The summed E-state index contributed by atoms with van der Waals surface area (Å²) in [4.78, 5) is 29.5. The van der Waals surface area contributed by atoms with Crippen LogP contribution in [0.2, 0.25) is 0 Å². The fraction of sp³-hybridized carbons (Fsp3) is 0.280. The van der Waals surface area contributed by atoms with Crippen LogP contribution in [-0.4, -0.2) is 35.7 Å². The highest BCUT2D eigenvalue weighted by molar-refractivity contribution is 7.99. The van der Waals surface area contributed by atoms with Gasteiger partial charge in [0.25, 0.3) is 5.56 Å². The Bertz CT molecular complexity index is 1550. The van der Waals surface area contributed by atoms with E-state index < -0.39 is 0 Å². The first kappa shape index (κ1) is 21.5. The minimum atomic E-state index is -0.0582. The molecule has 0 aliphatic rings. The van der Waals surface area contributed by atoms with Crippen LogP contribution in [0.4, 0.5) is 0 Å². The van der Waals surface area contributed by atoms with Gasteiger partial charge in [-0.2, -0.15) is 0 Å². The molecule has 0 fully saturated rings. The molecule has 0 saturated carbocycles. The number of hydrogen-bond acceptors (Lipinski definition) is 5. The number of carbonyl (C=O) groups is 1. The number of aryl methyl sites for hydroxylation is 2. The third kappa shape index (κ3) is 3.64. The first-order valence-electron chi connectivity index (χ1n) is 11.3. The molecule has 3 aromatic heterocycles. The van der Waals surface area contributed by atoms with Gasteiger partial charge in [-0.3, -0.25) is 18.6 Å². The number of unbranched alkanes of at least 4 members (excludes halogenated alkanes) is 1. The summed E-state index contributed by atoms with van der Waals surface area (Å²) in [7, 11) is 0. The number of Topliss-reactive ketones (excluding diaryl/α,β-unsaturated/α-hetero) is 1. The zero-order valence-electron chi connectivity index (χ0n) is 18.7. The second-order valence-electron chi connectivity index (χ2n) is 8.05. The summed E-state index contributed by atoms with van der Waals surface area (Å²) in [5.41, 5.74) is 3.60. The van der Waals surface area contributed by atoms with Crippen LogP contribution in [0.5, 0.6) is 0 Å². The van der Waals surface area contributed by atoms with Gasteiger partial charge in [0, 0.05) is 29.2 Å². The Balaban J connectivity index is 1.52. The Morgan fingerprint density at radius 3 is 2.70 bits per heavy atom. The van der Waals surface area contributed by atoms with Crippen molar-refractivity contribution in [3.8, 4) is 0 Å². The van der Waals surface area contributed by atoms with E-state index in [1.165, 1.54) is 17.3 Å². The van der Waals surface area contributed by atoms with E-state index >= 15 is 0 Å². The first-order valence-corrected chi connectivity index (χ1v) is 12.2. The minimum Gasteiger partial charge on any atom is -0.360 e. The molecule has 33 heavy (non-hydrogen) atoms. The highest BCUT2D eigenvalue weighted by Crippen LogP contribution is 2.26. The van der Waals surface area contributed by atoms with Crippen molar-refractivity contribution in [3.63, 3.8) is 0 Å². The molecule has 1 N–H and O–H groups in total. The number of nitrogens with one attached hydrogen (secondary N) is 1. The van der Waals surface area contributed by atoms with Crippen molar-refractivity contribution in [2.45, 2.75) is 44.8 Å². The number of para-hydroxylation sites is 2. The van der Waals surface area contributed by atoms with Gasteiger partial charge in [-0.25, -0.2) is 0 Å². The highest BCUT2D eigenvalue weighted by atomic mass is 32.2. The molecule has 0 atom stereocenters. The van der Waals surface area contributed by atoms with Gasteiger partial charge in [0.2, 0.25) is 5.78 Å². The van der Waals surface area contributed by atoms with E-state index in [4.69, 9.17) is 0 Å². The Hall–Kier alpha value is -3.39. The van der Waals surface area contributed by atoms with Crippen LogP contribution in [-0.2, 0) is 13.0 Å². The molecule has 168 valence electrons. The summed E-state index contributed by atoms with van der Waals surface area (Å²) in [5, 5.41) is 10.9. The third-order valence-electron chi connectivity index (χ3n) is 6.03. The Morgan fingerprint density at radius 1 is 1.06 bits per heavy atom. The lowest BCUT2D eigenvalue weighted by atomic mass is 10.1. The fourth-order valence-corrected chi connectivity index (χ4v) is 5.12. The molecule has 8 heteroatoms. The molecular weight excluding hydrogens is 434 g/mol. The number of H-pyrrole nitrogens is 1. The maximum absolute atomic E-state index is 13.1. The van der Waals surface area contributed by atoms with Gasteiger partial charge in [-0.05, 0) is 30.5 Å². The van der Waals surface area contributed by atoms with Gasteiger partial charge >= 0.3 is 0 Å². The minimum absolute atomic E-state index is 0.0277. The predicted molar refractivity (Wildman–Crippen MR) is 132 cm³/mol. The van der Waals surface area contributed by atoms with Crippen molar-refractivity contribution in [1.29, 1.82) is 0 Å².